The lowest BCUT2D eigenvalue weighted by molar-refractivity contribution is 0.0909. The lowest BCUT2D eigenvalue weighted by Crippen LogP contribution is -2.40. The van der Waals surface area contributed by atoms with E-state index in [1.807, 2.05) is 12.1 Å². The quantitative estimate of drug-likeness (QED) is 0.799. The fourth-order valence-corrected chi connectivity index (χ4v) is 3.13. The number of rotatable bonds is 6. The highest BCUT2D eigenvalue weighted by molar-refractivity contribution is 5.99. The number of H-pyrrole nitrogens is 1. The Balaban J connectivity index is 1.66. The lowest BCUT2D eigenvalue weighted by atomic mass is 10.1. The molecule has 1 saturated heterocycles. The van der Waals surface area contributed by atoms with Crippen LogP contribution in [0.5, 0.6) is 0 Å². The average Bonchev–Trinajstić information content (AvgIpc) is 3.28. The third kappa shape index (κ3) is 3.76. The van der Waals surface area contributed by atoms with E-state index < -0.39 is 0 Å². The zero-order valence-corrected chi connectivity index (χ0v) is 13.9. The van der Waals surface area contributed by atoms with E-state index in [1.54, 1.807) is 18.5 Å². The summed E-state index contributed by atoms with van der Waals surface area (Å²) in [5.74, 6) is 0.594. The fraction of sp³-hybridized carbons (Fsp3) is 0.444. The molecule has 0 radical (unpaired) electrons. The van der Waals surface area contributed by atoms with Crippen molar-refractivity contribution in [3.63, 3.8) is 0 Å². The lowest BCUT2D eigenvalue weighted by Gasteiger charge is -2.33. The fourth-order valence-electron chi connectivity index (χ4n) is 3.13. The summed E-state index contributed by atoms with van der Waals surface area (Å²) >= 11 is 0. The molecule has 2 aromatic rings. The van der Waals surface area contributed by atoms with Gasteiger partial charge in [0.25, 0.3) is 5.91 Å². The molecule has 0 aliphatic carbocycles. The Kier molecular flexibility index (Phi) is 5.15. The topological polar surface area (TPSA) is 78.3 Å². The van der Waals surface area contributed by atoms with Crippen LogP contribution in [0.1, 0.15) is 58.8 Å². The highest BCUT2D eigenvalue weighted by Crippen LogP contribution is 2.24. The molecule has 3 heterocycles. The number of hydrogen-bond acceptors (Lipinski definition) is 4. The van der Waals surface area contributed by atoms with Crippen molar-refractivity contribution in [2.24, 2.45) is 0 Å². The molecular weight excluding hydrogens is 306 g/mol. The summed E-state index contributed by atoms with van der Waals surface area (Å²) in [6, 6.07) is 5.44. The minimum absolute atomic E-state index is 0.0338. The van der Waals surface area contributed by atoms with Crippen molar-refractivity contribution in [2.75, 3.05) is 19.6 Å². The average molecular weight is 329 g/mol. The summed E-state index contributed by atoms with van der Waals surface area (Å²) in [6.07, 6.45) is 6.82. The molecule has 1 fully saturated rings. The molecule has 0 spiro atoms. The Bertz CT molecular complexity index is 684. The van der Waals surface area contributed by atoms with Crippen LogP contribution in [0.4, 0.5) is 0 Å². The van der Waals surface area contributed by atoms with E-state index in [4.69, 9.17) is 4.42 Å². The summed E-state index contributed by atoms with van der Waals surface area (Å²) < 4.78 is 5.58. The second kappa shape index (κ2) is 7.49. The first-order valence-corrected chi connectivity index (χ1v) is 8.40. The molecule has 1 atom stereocenters. The molecule has 0 unspecified atom stereocenters. The highest BCUT2D eigenvalue weighted by Gasteiger charge is 2.25. The summed E-state index contributed by atoms with van der Waals surface area (Å²) in [5.41, 5.74) is 0.913. The zero-order valence-electron chi connectivity index (χ0n) is 13.9. The van der Waals surface area contributed by atoms with Gasteiger partial charge >= 0.3 is 0 Å². The number of carbonyl (C=O) groups excluding carboxylic acids is 2. The van der Waals surface area contributed by atoms with Crippen molar-refractivity contribution in [2.45, 2.75) is 32.2 Å². The first kappa shape index (κ1) is 16.5. The van der Waals surface area contributed by atoms with Gasteiger partial charge in [0.1, 0.15) is 11.5 Å². The van der Waals surface area contributed by atoms with E-state index in [2.05, 4.69) is 15.2 Å². The smallest absolute Gasteiger partial charge is 0.267 e. The number of aromatic amines is 1. The van der Waals surface area contributed by atoms with Crippen LogP contribution < -0.4 is 5.32 Å². The maximum atomic E-state index is 12.3. The summed E-state index contributed by atoms with van der Waals surface area (Å²) in [6.45, 7) is 3.98. The van der Waals surface area contributed by atoms with Gasteiger partial charge in [0.05, 0.1) is 12.3 Å². The van der Waals surface area contributed by atoms with Gasteiger partial charge in [-0.15, -0.1) is 0 Å². The van der Waals surface area contributed by atoms with Crippen LogP contribution in [0, 0.1) is 0 Å². The van der Waals surface area contributed by atoms with Gasteiger partial charge in [-0.2, -0.15) is 0 Å². The van der Waals surface area contributed by atoms with E-state index in [1.165, 1.54) is 26.2 Å². The molecule has 0 bridgehead atoms. The number of carbonyl (C=O) groups is 2. The van der Waals surface area contributed by atoms with E-state index >= 15 is 0 Å². The number of likely N-dealkylation sites (tertiary alicyclic amines) is 1. The molecule has 1 amide bonds. The van der Waals surface area contributed by atoms with Crippen LogP contribution >= 0.6 is 0 Å². The third-order valence-corrected chi connectivity index (χ3v) is 4.49. The first-order valence-electron chi connectivity index (χ1n) is 8.40. The Morgan fingerprint density at radius 1 is 1.33 bits per heavy atom. The summed E-state index contributed by atoms with van der Waals surface area (Å²) in [4.78, 5) is 28.9. The molecule has 1 aliphatic heterocycles. The van der Waals surface area contributed by atoms with Crippen molar-refractivity contribution in [1.29, 1.82) is 0 Å². The maximum Gasteiger partial charge on any atom is 0.267 e. The van der Waals surface area contributed by atoms with Gasteiger partial charge in [-0.05, 0) is 51.1 Å². The molecule has 24 heavy (non-hydrogen) atoms. The van der Waals surface area contributed by atoms with Gasteiger partial charge in [-0.3, -0.25) is 14.5 Å². The van der Waals surface area contributed by atoms with Gasteiger partial charge < -0.3 is 14.7 Å². The standard InChI is InChI=1S/C18H23N3O3/c1-13(22)14-10-15(19-11-14)18(23)20-12-16(17-6-5-9-24-17)21-7-3-2-4-8-21/h5-6,9-11,16,19H,2-4,7-8,12H2,1H3,(H,20,23)/t16-/m0/s1. The molecule has 128 valence electrons. The number of nitrogens with one attached hydrogen (secondary N) is 2. The van der Waals surface area contributed by atoms with Crippen molar-refractivity contribution in [1.82, 2.24) is 15.2 Å². The Hall–Kier alpha value is -2.34. The molecule has 2 aromatic heterocycles. The molecular formula is C18H23N3O3. The van der Waals surface area contributed by atoms with Gasteiger partial charge in [-0.25, -0.2) is 0 Å². The van der Waals surface area contributed by atoms with Crippen LogP contribution in [-0.4, -0.2) is 41.2 Å². The largest absolute Gasteiger partial charge is 0.468 e. The van der Waals surface area contributed by atoms with Gasteiger partial charge in [0.15, 0.2) is 5.78 Å². The van der Waals surface area contributed by atoms with Crippen molar-refractivity contribution < 1.29 is 14.0 Å². The molecule has 6 heteroatoms. The number of ketones is 1. The molecule has 2 N–H and O–H groups in total. The third-order valence-electron chi connectivity index (χ3n) is 4.49. The maximum absolute atomic E-state index is 12.3. The predicted molar refractivity (Wildman–Crippen MR) is 90.0 cm³/mol. The number of piperidine rings is 1. The van der Waals surface area contributed by atoms with E-state index in [-0.39, 0.29) is 17.7 Å². The van der Waals surface area contributed by atoms with Crippen LogP contribution in [0.2, 0.25) is 0 Å². The number of amides is 1. The molecule has 6 nitrogen and oxygen atoms in total. The van der Waals surface area contributed by atoms with Crippen LogP contribution in [-0.2, 0) is 0 Å². The summed E-state index contributed by atoms with van der Waals surface area (Å²) in [7, 11) is 0. The Morgan fingerprint density at radius 2 is 2.12 bits per heavy atom. The van der Waals surface area contributed by atoms with Crippen molar-refractivity contribution in [3.05, 3.63) is 47.7 Å². The predicted octanol–water partition coefficient (Wildman–Crippen LogP) is 2.77. The van der Waals surface area contributed by atoms with Crippen molar-refractivity contribution in [3.8, 4) is 0 Å². The first-order chi connectivity index (χ1) is 11.6. The van der Waals surface area contributed by atoms with Gasteiger partial charge in [0, 0.05) is 18.3 Å². The van der Waals surface area contributed by atoms with Crippen molar-refractivity contribution >= 4 is 11.7 Å². The number of aromatic nitrogens is 1. The Labute approximate surface area is 141 Å². The SMILES string of the molecule is CC(=O)c1c[nH]c(C(=O)NC[C@@H](c2ccco2)N2CCCCC2)c1. The normalized spacial score (nSPS) is 16.7. The van der Waals surface area contributed by atoms with Crippen LogP contribution in [0.3, 0.4) is 0 Å². The van der Waals surface area contributed by atoms with E-state index in [0.717, 1.165) is 18.8 Å². The minimum Gasteiger partial charge on any atom is -0.468 e. The van der Waals surface area contributed by atoms with Crippen LogP contribution in [0.25, 0.3) is 0 Å². The van der Waals surface area contributed by atoms with E-state index in [9.17, 15) is 9.59 Å². The monoisotopic (exact) mass is 329 g/mol. The molecule has 0 aromatic carbocycles. The summed E-state index contributed by atoms with van der Waals surface area (Å²) in [5, 5.41) is 2.95. The minimum atomic E-state index is -0.212. The van der Waals surface area contributed by atoms with E-state index in [0.29, 0.717) is 17.8 Å². The second-order valence-corrected chi connectivity index (χ2v) is 6.20. The van der Waals surface area contributed by atoms with Gasteiger partial charge in [0.2, 0.25) is 0 Å². The highest BCUT2D eigenvalue weighted by atomic mass is 16.3. The second-order valence-electron chi connectivity index (χ2n) is 6.20. The molecule has 0 saturated carbocycles. The molecule has 3 rings (SSSR count). The number of furan rings is 1. The Morgan fingerprint density at radius 3 is 2.75 bits per heavy atom. The van der Waals surface area contributed by atoms with Gasteiger partial charge in [-0.1, -0.05) is 6.42 Å². The molecule has 1 aliphatic rings. The number of Topliss-reactive ketones (excluding diaryl/α,β-unsaturated/α-hetero) is 1. The zero-order chi connectivity index (χ0) is 16.9. The number of nitrogens with zero attached hydrogens (tertiary/aromatic N) is 1. The van der Waals surface area contributed by atoms with Crippen LogP contribution in [0.15, 0.2) is 35.1 Å². The number of hydrogen-bond donors (Lipinski definition) is 2.